The Bertz CT molecular complexity index is 787. The van der Waals surface area contributed by atoms with Crippen LogP contribution in [0.5, 0.6) is 5.75 Å². The van der Waals surface area contributed by atoms with Gasteiger partial charge in [-0.3, -0.25) is 0 Å². The zero-order valence-electron chi connectivity index (χ0n) is 12.7. The molecule has 2 aromatic carbocycles. The number of ether oxygens (including phenoxy) is 1. The molecule has 0 unspecified atom stereocenters. The van der Waals surface area contributed by atoms with Crippen LogP contribution < -0.4 is 10.1 Å². The van der Waals surface area contributed by atoms with E-state index in [0.29, 0.717) is 21.9 Å². The summed E-state index contributed by atoms with van der Waals surface area (Å²) in [6.07, 6.45) is 5.64. The number of anilines is 1. The smallest absolute Gasteiger partial charge is 0.142 e. The lowest BCUT2D eigenvalue weighted by Gasteiger charge is -2.38. The summed E-state index contributed by atoms with van der Waals surface area (Å²) in [6.45, 7) is 0. The average Bonchev–Trinajstić information content (AvgIpc) is 3.06. The Kier molecular flexibility index (Phi) is 3.74. The predicted molar refractivity (Wildman–Crippen MR) is 95.8 cm³/mol. The molecule has 1 N–H and O–H groups in total. The van der Waals surface area contributed by atoms with Gasteiger partial charge in [0.05, 0.1) is 28.9 Å². The number of benzene rings is 2. The van der Waals surface area contributed by atoms with Crippen LogP contribution in [0.2, 0.25) is 10.0 Å². The summed E-state index contributed by atoms with van der Waals surface area (Å²) in [7, 11) is 1.71. The van der Waals surface area contributed by atoms with Gasteiger partial charge < -0.3 is 10.1 Å². The topological polar surface area (TPSA) is 21.3 Å². The van der Waals surface area contributed by atoms with Crippen LogP contribution >= 0.6 is 23.2 Å². The van der Waals surface area contributed by atoms with Crippen molar-refractivity contribution in [2.24, 2.45) is 5.92 Å². The standard InChI is InChI=1S/C19H17Cl2NO/c1-23-17-7-3-6-14-12-4-2-5-13(12)18(22-19(14)17)11-8-9-15(20)16(21)10-11/h2-4,6-10,12-13,18,22H,5H2,1H3/t12-,13-,18+/m0/s1. The largest absolute Gasteiger partial charge is 0.495 e. The van der Waals surface area contributed by atoms with Crippen molar-refractivity contribution in [1.29, 1.82) is 0 Å². The lowest BCUT2D eigenvalue weighted by atomic mass is 9.77. The van der Waals surface area contributed by atoms with E-state index < -0.39 is 0 Å². The molecule has 1 aliphatic carbocycles. The highest BCUT2D eigenvalue weighted by molar-refractivity contribution is 6.42. The molecule has 118 valence electrons. The fourth-order valence-electron chi connectivity index (χ4n) is 3.80. The lowest BCUT2D eigenvalue weighted by Crippen LogP contribution is -2.29. The second-order valence-electron chi connectivity index (χ2n) is 6.07. The van der Waals surface area contributed by atoms with Gasteiger partial charge in [-0.2, -0.15) is 0 Å². The van der Waals surface area contributed by atoms with Gasteiger partial charge in [-0.05, 0) is 41.7 Å². The Morgan fingerprint density at radius 2 is 2.00 bits per heavy atom. The number of halogens is 2. The fourth-order valence-corrected chi connectivity index (χ4v) is 4.11. The number of allylic oxidation sites excluding steroid dienone is 2. The summed E-state index contributed by atoms with van der Waals surface area (Å²) in [5.41, 5.74) is 3.55. The van der Waals surface area contributed by atoms with Crippen LogP contribution in [0.3, 0.4) is 0 Å². The molecule has 0 fully saturated rings. The minimum absolute atomic E-state index is 0.188. The average molecular weight is 346 g/mol. The second-order valence-corrected chi connectivity index (χ2v) is 6.89. The van der Waals surface area contributed by atoms with Crippen molar-refractivity contribution in [2.75, 3.05) is 12.4 Å². The molecule has 4 heteroatoms. The molecule has 3 atom stereocenters. The van der Waals surface area contributed by atoms with Crippen molar-refractivity contribution in [3.8, 4) is 5.75 Å². The highest BCUT2D eigenvalue weighted by Gasteiger charge is 2.39. The highest BCUT2D eigenvalue weighted by Crippen LogP contribution is 2.52. The molecule has 0 aromatic heterocycles. The number of fused-ring (bicyclic) bond motifs is 3. The molecule has 4 rings (SSSR count). The first kappa shape index (κ1) is 14.9. The highest BCUT2D eigenvalue weighted by atomic mass is 35.5. The van der Waals surface area contributed by atoms with Gasteiger partial charge >= 0.3 is 0 Å². The number of nitrogens with one attached hydrogen (secondary N) is 1. The van der Waals surface area contributed by atoms with E-state index in [-0.39, 0.29) is 6.04 Å². The molecule has 2 nitrogen and oxygen atoms in total. The van der Waals surface area contributed by atoms with Gasteiger partial charge in [-0.1, -0.05) is 53.6 Å². The molecule has 2 aromatic rings. The number of para-hydroxylation sites is 1. The van der Waals surface area contributed by atoms with Crippen LogP contribution in [0.25, 0.3) is 0 Å². The molecule has 0 radical (unpaired) electrons. The third-order valence-corrected chi connectivity index (χ3v) is 5.62. The van der Waals surface area contributed by atoms with Crippen molar-refractivity contribution < 1.29 is 4.74 Å². The van der Waals surface area contributed by atoms with Crippen LogP contribution in [0.15, 0.2) is 48.6 Å². The normalized spacial score (nSPS) is 24.7. The van der Waals surface area contributed by atoms with Crippen molar-refractivity contribution in [3.05, 3.63) is 69.7 Å². The van der Waals surface area contributed by atoms with Crippen LogP contribution in [-0.2, 0) is 0 Å². The SMILES string of the molecule is COc1cccc2c1N[C@H](c1ccc(Cl)c(Cl)c1)[C@H]1CC=C[C@H]21. The van der Waals surface area contributed by atoms with E-state index in [1.54, 1.807) is 7.11 Å². The van der Waals surface area contributed by atoms with E-state index in [1.807, 2.05) is 18.2 Å². The second kappa shape index (κ2) is 5.77. The Labute approximate surface area is 146 Å². The molecule has 1 heterocycles. The zero-order valence-corrected chi connectivity index (χ0v) is 14.2. The number of rotatable bonds is 2. The molecule has 0 saturated heterocycles. The molecule has 0 spiro atoms. The minimum atomic E-state index is 0.188. The maximum absolute atomic E-state index is 6.23. The minimum Gasteiger partial charge on any atom is -0.495 e. The van der Waals surface area contributed by atoms with E-state index in [4.69, 9.17) is 27.9 Å². The molecule has 0 saturated carbocycles. The van der Waals surface area contributed by atoms with Gasteiger partial charge in [0.15, 0.2) is 0 Å². The maximum atomic E-state index is 6.23. The molecule has 1 aliphatic heterocycles. The van der Waals surface area contributed by atoms with Crippen molar-refractivity contribution >= 4 is 28.9 Å². The van der Waals surface area contributed by atoms with Gasteiger partial charge in [0.25, 0.3) is 0 Å². The molecule has 0 amide bonds. The Hall–Kier alpha value is -1.64. The van der Waals surface area contributed by atoms with Gasteiger partial charge in [-0.15, -0.1) is 0 Å². The summed E-state index contributed by atoms with van der Waals surface area (Å²) in [5.74, 6) is 1.76. The third kappa shape index (κ3) is 2.41. The molecule has 23 heavy (non-hydrogen) atoms. The summed E-state index contributed by atoms with van der Waals surface area (Å²) >= 11 is 12.3. The third-order valence-electron chi connectivity index (χ3n) is 4.88. The Balaban J connectivity index is 1.82. The molecule has 2 aliphatic rings. The van der Waals surface area contributed by atoms with Gasteiger partial charge in [0.1, 0.15) is 5.75 Å². The van der Waals surface area contributed by atoms with E-state index >= 15 is 0 Å². The first-order valence-electron chi connectivity index (χ1n) is 7.74. The van der Waals surface area contributed by atoms with Crippen molar-refractivity contribution in [2.45, 2.75) is 18.4 Å². The zero-order chi connectivity index (χ0) is 16.0. The van der Waals surface area contributed by atoms with Crippen LogP contribution in [0.4, 0.5) is 5.69 Å². The van der Waals surface area contributed by atoms with Gasteiger partial charge in [0.2, 0.25) is 0 Å². The monoisotopic (exact) mass is 345 g/mol. The summed E-state index contributed by atoms with van der Waals surface area (Å²) in [4.78, 5) is 0. The first-order valence-corrected chi connectivity index (χ1v) is 8.49. The quantitative estimate of drug-likeness (QED) is 0.691. The first-order chi connectivity index (χ1) is 11.2. The molecule has 0 bridgehead atoms. The number of methoxy groups -OCH3 is 1. The summed E-state index contributed by atoms with van der Waals surface area (Å²) in [5, 5.41) is 4.87. The van der Waals surface area contributed by atoms with E-state index in [1.165, 1.54) is 5.56 Å². The van der Waals surface area contributed by atoms with E-state index in [2.05, 4.69) is 35.7 Å². The maximum Gasteiger partial charge on any atom is 0.142 e. The summed E-state index contributed by atoms with van der Waals surface area (Å²) < 4.78 is 5.55. The van der Waals surface area contributed by atoms with E-state index in [0.717, 1.165) is 23.4 Å². The van der Waals surface area contributed by atoms with Crippen LogP contribution in [0, 0.1) is 5.92 Å². The van der Waals surface area contributed by atoms with Crippen LogP contribution in [-0.4, -0.2) is 7.11 Å². The Morgan fingerprint density at radius 3 is 2.78 bits per heavy atom. The predicted octanol–water partition coefficient (Wildman–Crippen LogP) is 5.83. The number of hydrogen-bond acceptors (Lipinski definition) is 2. The van der Waals surface area contributed by atoms with Gasteiger partial charge in [0, 0.05) is 5.92 Å². The summed E-state index contributed by atoms with van der Waals surface area (Å²) in [6, 6.07) is 12.3. The van der Waals surface area contributed by atoms with Crippen LogP contribution in [0.1, 0.15) is 29.5 Å². The van der Waals surface area contributed by atoms with Crippen molar-refractivity contribution in [1.82, 2.24) is 0 Å². The molecular formula is C19H17Cl2NO. The van der Waals surface area contributed by atoms with Crippen molar-refractivity contribution in [3.63, 3.8) is 0 Å². The van der Waals surface area contributed by atoms with Gasteiger partial charge in [-0.25, -0.2) is 0 Å². The molecular weight excluding hydrogens is 329 g/mol. The Morgan fingerprint density at radius 1 is 1.13 bits per heavy atom. The number of hydrogen-bond donors (Lipinski definition) is 1. The fraction of sp³-hybridized carbons (Fsp3) is 0.263. The lowest BCUT2D eigenvalue weighted by molar-refractivity contribution is 0.397. The van der Waals surface area contributed by atoms with E-state index in [9.17, 15) is 0 Å².